The van der Waals surface area contributed by atoms with Gasteiger partial charge < -0.3 is 4.48 Å². The molecular weight excluding hydrogens is 242 g/mol. The summed E-state index contributed by atoms with van der Waals surface area (Å²) in [5, 5.41) is 0. The Labute approximate surface area is 126 Å². The van der Waals surface area contributed by atoms with Crippen molar-refractivity contribution < 1.29 is 4.48 Å². The van der Waals surface area contributed by atoms with Crippen LogP contribution in [-0.4, -0.2) is 24.6 Å². The maximum absolute atomic E-state index is 2.45. The first-order valence-electron chi connectivity index (χ1n) is 8.24. The Balaban J connectivity index is 2.84. The fourth-order valence-electron chi connectivity index (χ4n) is 2.70. The lowest BCUT2D eigenvalue weighted by Gasteiger charge is -2.41. The molecule has 0 aliphatic rings. The first-order valence-corrected chi connectivity index (χ1v) is 8.24. The van der Waals surface area contributed by atoms with Crippen LogP contribution in [0, 0.1) is 11.8 Å². The second-order valence-electron chi connectivity index (χ2n) is 7.38. The van der Waals surface area contributed by atoms with Gasteiger partial charge in [-0.05, 0) is 31.6 Å². The molecule has 0 amide bonds. The van der Waals surface area contributed by atoms with E-state index in [0.29, 0.717) is 6.04 Å². The topological polar surface area (TPSA) is 0 Å². The summed E-state index contributed by atoms with van der Waals surface area (Å²) >= 11 is 0. The molecule has 0 fully saturated rings. The van der Waals surface area contributed by atoms with Crippen molar-refractivity contribution in [1.82, 2.24) is 0 Å². The number of hydrogen-bond donors (Lipinski definition) is 0. The zero-order valence-corrected chi connectivity index (χ0v) is 14.4. The second kappa shape index (κ2) is 7.83. The number of quaternary nitrogens is 1. The number of rotatable bonds is 8. The highest BCUT2D eigenvalue weighted by atomic mass is 15.3. The predicted octanol–water partition coefficient (Wildman–Crippen LogP) is 5.29. The molecule has 0 bridgehead atoms. The summed E-state index contributed by atoms with van der Waals surface area (Å²) in [7, 11) is 2.45. The summed E-state index contributed by atoms with van der Waals surface area (Å²) in [6, 6.07) is 11.6. The van der Waals surface area contributed by atoms with Gasteiger partial charge in [-0.3, -0.25) is 0 Å². The molecule has 1 aromatic carbocycles. The number of benzene rings is 1. The SMILES string of the molecule is CC(C)CC[N+](C)(CCC(C)C)C(C)c1ccccc1. The molecule has 1 nitrogen and oxygen atoms in total. The molecule has 1 unspecified atom stereocenters. The van der Waals surface area contributed by atoms with Crippen LogP contribution in [0.1, 0.15) is 59.1 Å². The van der Waals surface area contributed by atoms with Gasteiger partial charge in [-0.1, -0.05) is 58.0 Å². The largest absolute Gasteiger partial charge is 0.320 e. The third kappa shape index (κ3) is 5.28. The van der Waals surface area contributed by atoms with E-state index in [2.05, 4.69) is 72.0 Å². The zero-order chi connectivity index (χ0) is 15.2. The van der Waals surface area contributed by atoms with Crippen LogP contribution in [0.3, 0.4) is 0 Å². The summed E-state index contributed by atoms with van der Waals surface area (Å²) in [6.45, 7) is 14.3. The highest BCUT2D eigenvalue weighted by Gasteiger charge is 2.30. The van der Waals surface area contributed by atoms with Gasteiger partial charge in [0.15, 0.2) is 0 Å². The van der Waals surface area contributed by atoms with Gasteiger partial charge in [0, 0.05) is 5.56 Å². The summed E-state index contributed by atoms with van der Waals surface area (Å²) in [4.78, 5) is 0. The maximum Gasteiger partial charge on any atom is 0.112 e. The van der Waals surface area contributed by atoms with Crippen molar-refractivity contribution in [3.63, 3.8) is 0 Å². The highest BCUT2D eigenvalue weighted by molar-refractivity contribution is 5.16. The van der Waals surface area contributed by atoms with Crippen molar-refractivity contribution in [2.45, 2.75) is 53.5 Å². The molecular formula is C19H34N+. The Morgan fingerprint density at radius 1 is 0.800 bits per heavy atom. The minimum atomic E-state index is 0.577. The zero-order valence-electron chi connectivity index (χ0n) is 14.4. The lowest BCUT2D eigenvalue weighted by atomic mass is 10.0. The van der Waals surface area contributed by atoms with E-state index < -0.39 is 0 Å². The quantitative estimate of drug-likeness (QED) is 0.566. The molecule has 0 heterocycles. The molecule has 114 valence electrons. The molecule has 0 saturated heterocycles. The summed E-state index contributed by atoms with van der Waals surface area (Å²) < 4.78 is 1.17. The molecule has 0 saturated carbocycles. The van der Waals surface area contributed by atoms with Crippen molar-refractivity contribution in [2.75, 3.05) is 20.1 Å². The first kappa shape index (κ1) is 17.2. The number of nitrogens with zero attached hydrogens (tertiary/aromatic N) is 1. The predicted molar refractivity (Wildman–Crippen MR) is 89.7 cm³/mol. The monoisotopic (exact) mass is 276 g/mol. The molecule has 20 heavy (non-hydrogen) atoms. The van der Waals surface area contributed by atoms with E-state index in [9.17, 15) is 0 Å². The van der Waals surface area contributed by atoms with E-state index in [-0.39, 0.29) is 0 Å². The lowest BCUT2D eigenvalue weighted by Crippen LogP contribution is -2.48. The third-order valence-electron chi connectivity index (χ3n) is 4.65. The minimum absolute atomic E-state index is 0.577. The normalized spacial score (nSPS) is 14.0. The van der Waals surface area contributed by atoms with Crippen molar-refractivity contribution in [2.24, 2.45) is 11.8 Å². The maximum atomic E-state index is 2.45. The Morgan fingerprint density at radius 2 is 1.25 bits per heavy atom. The van der Waals surface area contributed by atoms with Gasteiger partial charge in [-0.25, -0.2) is 0 Å². The van der Waals surface area contributed by atoms with E-state index in [1.165, 1.54) is 36.0 Å². The molecule has 0 aromatic heterocycles. The van der Waals surface area contributed by atoms with Crippen LogP contribution in [0.2, 0.25) is 0 Å². The van der Waals surface area contributed by atoms with Gasteiger partial charge in [0.05, 0.1) is 20.1 Å². The van der Waals surface area contributed by atoms with E-state index in [4.69, 9.17) is 0 Å². The van der Waals surface area contributed by atoms with Gasteiger partial charge in [0.2, 0.25) is 0 Å². The molecule has 0 radical (unpaired) electrons. The molecule has 0 N–H and O–H groups in total. The molecule has 0 spiro atoms. The fraction of sp³-hybridized carbons (Fsp3) is 0.684. The standard InChI is InChI=1S/C19H34N/c1-16(2)12-14-20(6,15-13-17(3)4)18(5)19-10-8-7-9-11-19/h7-11,16-18H,12-15H2,1-6H3/q+1. The molecule has 0 aliphatic heterocycles. The lowest BCUT2D eigenvalue weighted by molar-refractivity contribution is -0.938. The van der Waals surface area contributed by atoms with Crippen LogP contribution in [0.5, 0.6) is 0 Å². The van der Waals surface area contributed by atoms with Crippen molar-refractivity contribution in [3.8, 4) is 0 Å². The van der Waals surface area contributed by atoms with Gasteiger partial charge in [0.25, 0.3) is 0 Å². The molecule has 1 atom stereocenters. The van der Waals surface area contributed by atoms with Gasteiger partial charge in [-0.2, -0.15) is 0 Å². The number of hydrogen-bond acceptors (Lipinski definition) is 0. The first-order chi connectivity index (χ1) is 9.35. The van der Waals surface area contributed by atoms with Gasteiger partial charge in [-0.15, -0.1) is 0 Å². The minimum Gasteiger partial charge on any atom is -0.320 e. The fourth-order valence-corrected chi connectivity index (χ4v) is 2.70. The van der Waals surface area contributed by atoms with Crippen LogP contribution >= 0.6 is 0 Å². The molecule has 1 rings (SSSR count). The smallest absolute Gasteiger partial charge is 0.112 e. The third-order valence-corrected chi connectivity index (χ3v) is 4.65. The highest BCUT2D eigenvalue weighted by Crippen LogP contribution is 2.28. The van der Waals surface area contributed by atoms with E-state index >= 15 is 0 Å². The summed E-state index contributed by atoms with van der Waals surface area (Å²) in [5.74, 6) is 1.57. The van der Waals surface area contributed by atoms with Crippen LogP contribution in [-0.2, 0) is 0 Å². The van der Waals surface area contributed by atoms with Crippen LogP contribution in [0.4, 0.5) is 0 Å². The Hall–Kier alpha value is -0.820. The Bertz CT molecular complexity index is 355. The summed E-state index contributed by atoms with van der Waals surface area (Å²) in [5.41, 5.74) is 1.47. The Morgan fingerprint density at radius 3 is 1.65 bits per heavy atom. The van der Waals surface area contributed by atoms with E-state index in [1.54, 1.807) is 0 Å². The van der Waals surface area contributed by atoms with E-state index in [1.807, 2.05) is 0 Å². The van der Waals surface area contributed by atoms with Crippen LogP contribution in [0.15, 0.2) is 30.3 Å². The summed E-state index contributed by atoms with van der Waals surface area (Å²) in [6.07, 6.45) is 2.62. The molecule has 0 aliphatic carbocycles. The molecule has 1 aromatic rings. The van der Waals surface area contributed by atoms with Gasteiger partial charge >= 0.3 is 0 Å². The molecule has 1 heteroatoms. The second-order valence-corrected chi connectivity index (χ2v) is 7.38. The average Bonchev–Trinajstić information content (AvgIpc) is 2.43. The van der Waals surface area contributed by atoms with Crippen molar-refractivity contribution >= 4 is 0 Å². The van der Waals surface area contributed by atoms with Crippen LogP contribution < -0.4 is 0 Å². The van der Waals surface area contributed by atoms with Crippen molar-refractivity contribution in [3.05, 3.63) is 35.9 Å². The Kier molecular flexibility index (Phi) is 6.75. The average molecular weight is 276 g/mol. The van der Waals surface area contributed by atoms with Crippen molar-refractivity contribution in [1.29, 1.82) is 0 Å². The van der Waals surface area contributed by atoms with Gasteiger partial charge in [0.1, 0.15) is 6.04 Å². The van der Waals surface area contributed by atoms with Crippen LogP contribution in [0.25, 0.3) is 0 Å². The van der Waals surface area contributed by atoms with E-state index in [0.717, 1.165) is 11.8 Å².